The molecule has 2 aromatic rings. The first kappa shape index (κ1) is 10.6. The van der Waals surface area contributed by atoms with Gasteiger partial charge in [-0.15, -0.1) is 0 Å². The van der Waals surface area contributed by atoms with Crippen LogP contribution in [0, 0.1) is 0 Å². The van der Waals surface area contributed by atoms with E-state index in [1.807, 2.05) is 19.2 Å². The summed E-state index contributed by atoms with van der Waals surface area (Å²) in [7, 11) is 2.03. The van der Waals surface area contributed by atoms with Crippen molar-refractivity contribution in [1.29, 1.82) is 0 Å². The monoisotopic (exact) mass is 267 g/mol. The third-order valence-electron chi connectivity index (χ3n) is 2.69. The normalized spacial score (nSPS) is 13.3. The van der Waals surface area contributed by atoms with E-state index in [-0.39, 0.29) is 5.92 Å². The van der Waals surface area contributed by atoms with Crippen LogP contribution in [0.3, 0.4) is 0 Å². The average Bonchev–Trinajstić information content (AvgIpc) is 2.57. The van der Waals surface area contributed by atoms with Gasteiger partial charge in [-0.1, -0.05) is 13.0 Å². The molecule has 0 saturated heterocycles. The molecule has 15 heavy (non-hydrogen) atoms. The van der Waals surface area contributed by atoms with Crippen molar-refractivity contribution in [3.63, 3.8) is 0 Å². The Morgan fingerprint density at radius 1 is 1.53 bits per heavy atom. The van der Waals surface area contributed by atoms with Gasteiger partial charge in [-0.3, -0.25) is 0 Å². The van der Waals surface area contributed by atoms with Gasteiger partial charge in [-0.2, -0.15) is 0 Å². The Morgan fingerprint density at radius 3 is 2.87 bits per heavy atom. The number of aryl methyl sites for hydroxylation is 1. The standard InChI is InChI=1S/C11H14BrN3/c1-7(6-13)11-14-10-8(12)4-3-5-9(10)15(11)2/h3-5,7H,6,13H2,1-2H3. The van der Waals surface area contributed by atoms with Crippen LogP contribution in [-0.4, -0.2) is 16.1 Å². The molecule has 0 aliphatic heterocycles. The Morgan fingerprint density at radius 2 is 2.27 bits per heavy atom. The largest absolute Gasteiger partial charge is 0.331 e. The highest BCUT2D eigenvalue weighted by molar-refractivity contribution is 9.10. The van der Waals surface area contributed by atoms with Gasteiger partial charge in [-0.05, 0) is 28.1 Å². The molecule has 2 rings (SSSR count). The fourth-order valence-corrected chi connectivity index (χ4v) is 2.19. The Bertz CT molecular complexity index is 490. The first-order chi connectivity index (χ1) is 7.15. The van der Waals surface area contributed by atoms with Gasteiger partial charge in [-0.25, -0.2) is 4.98 Å². The molecular formula is C11H14BrN3. The van der Waals surface area contributed by atoms with E-state index in [9.17, 15) is 0 Å². The number of benzene rings is 1. The molecule has 1 aromatic heterocycles. The van der Waals surface area contributed by atoms with Gasteiger partial charge >= 0.3 is 0 Å². The summed E-state index contributed by atoms with van der Waals surface area (Å²) in [4.78, 5) is 4.62. The molecule has 0 saturated carbocycles. The Kier molecular flexibility index (Phi) is 2.80. The van der Waals surface area contributed by atoms with E-state index < -0.39 is 0 Å². The molecule has 1 aromatic carbocycles. The topological polar surface area (TPSA) is 43.8 Å². The maximum Gasteiger partial charge on any atom is 0.113 e. The van der Waals surface area contributed by atoms with E-state index >= 15 is 0 Å². The number of para-hydroxylation sites is 1. The number of halogens is 1. The second kappa shape index (κ2) is 3.94. The van der Waals surface area contributed by atoms with Crippen LogP contribution in [0.15, 0.2) is 22.7 Å². The molecule has 3 nitrogen and oxygen atoms in total. The van der Waals surface area contributed by atoms with Crippen molar-refractivity contribution in [2.75, 3.05) is 6.54 Å². The molecule has 0 bridgehead atoms. The highest BCUT2D eigenvalue weighted by Gasteiger charge is 2.14. The maximum absolute atomic E-state index is 5.67. The van der Waals surface area contributed by atoms with Gasteiger partial charge < -0.3 is 10.3 Å². The number of nitrogens with zero attached hydrogens (tertiary/aromatic N) is 2. The fourth-order valence-electron chi connectivity index (χ4n) is 1.74. The average molecular weight is 268 g/mol. The zero-order valence-corrected chi connectivity index (χ0v) is 10.5. The van der Waals surface area contributed by atoms with Crippen LogP contribution in [0.1, 0.15) is 18.7 Å². The molecule has 0 amide bonds. The first-order valence-electron chi connectivity index (χ1n) is 4.96. The van der Waals surface area contributed by atoms with E-state index in [0.717, 1.165) is 21.3 Å². The first-order valence-corrected chi connectivity index (χ1v) is 5.75. The Labute approximate surface area is 97.4 Å². The van der Waals surface area contributed by atoms with Crippen LogP contribution in [-0.2, 0) is 7.05 Å². The lowest BCUT2D eigenvalue weighted by atomic mass is 10.2. The lowest BCUT2D eigenvalue weighted by molar-refractivity contribution is 0.676. The van der Waals surface area contributed by atoms with Gasteiger partial charge in [0.25, 0.3) is 0 Å². The van der Waals surface area contributed by atoms with Crippen molar-refractivity contribution in [2.24, 2.45) is 12.8 Å². The van der Waals surface area contributed by atoms with Crippen LogP contribution in [0.2, 0.25) is 0 Å². The summed E-state index contributed by atoms with van der Waals surface area (Å²) in [6.45, 7) is 2.71. The molecule has 1 heterocycles. The van der Waals surface area contributed by atoms with Crippen molar-refractivity contribution in [2.45, 2.75) is 12.8 Å². The summed E-state index contributed by atoms with van der Waals surface area (Å²) >= 11 is 3.51. The lowest BCUT2D eigenvalue weighted by Gasteiger charge is -2.07. The van der Waals surface area contributed by atoms with E-state index in [0.29, 0.717) is 6.54 Å². The second-order valence-corrected chi connectivity index (χ2v) is 4.63. The molecule has 0 radical (unpaired) electrons. The fraction of sp³-hybridized carbons (Fsp3) is 0.364. The van der Waals surface area contributed by atoms with Crippen molar-refractivity contribution in [3.05, 3.63) is 28.5 Å². The van der Waals surface area contributed by atoms with Crippen molar-refractivity contribution in [3.8, 4) is 0 Å². The van der Waals surface area contributed by atoms with Crippen molar-refractivity contribution < 1.29 is 0 Å². The summed E-state index contributed by atoms with van der Waals surface area (Å²) in [6.07, 6.45) is 0. The zero-order valence-electron chi connectivity index (χ0n) is 8.87. The maximum atomic E-state index is 5.67. The van der Waals surface area contributed by atoms with Crippen molar-refractivity contribution in [1.82, 2.24) is 9.55 Å². The number of nitrogens with two attached hydrogens (primary N) is 1. The van der Waals surface area contributed by atoms with Gasteiger partial charge in [0.2, 0.25) is 0 Å². The highest BCUT2D eigenvalue weighted by Crippen LogP contribution is 2.26. The minimum atomic E-state index is 0.286. The molecule has 4 heteroatoms. The van der Waals surface area contributed by atoms with Crippen LogP contribution >= 0.6 is 15.9 Å². The molecule has 0 aliphatic carbocycles. The van der Waals surface area contributed by atoms with E-state index in [4.69, 9.17) is 5.73 Å². The van der Waals surface area contributed by atoms with Crippen LogP contribution in [0.5, 0.6) is 0 Å². The van der Waals surface area contributed by atoms with Gasteiger partial charge in [0, 0.05) is 24.0 Å². The molecule has 80 valence electrons. The molecule has 0 aliphatic rings. The van der Waals surface area contributed by atoms with Crippen molar-refractivity contribution >= 4 is 27.0 Å². The van der Waals surface area contributed by atoms with E-state index in [1.54, 1.807) is 0 Å². The summed E-state index contributed by atoms with van der Waals surface area (Å²) in [6, 6.07) is 6.09. The molecule has 1 atom stereocenters. The number of imidazole rings is 1. The minimum absolute atomic E-state index is 0.286. The van der Waals surface area contributed by atoms with E-state index in [2.05, 4.69) is 38.5 Å². The molecule has 0 fully saturated rings. The SMILES string of the molecule is CC(CN)c1nc2c(Br)cccc2n1C. The quantitative estimate of drug-likeness (QED) is 0.908. The van der Waals surface area contributed by atoms with Crippen LogP contribution in [0.25, 0.3) is 11.0 Å². The summed E-state index contributed by atoms with van der Waals surface area (Å²) in [5.74, 6) is 1.33. The third kappa shape index (κ3) is 1.68. The predicted molar refractivity (Wildman–Crippen MR) is 65.9 cm³/mol. The lowest BCUT2D eigenvalue weighted by Crippen LogP contribution is -2.13. The second-order valence-electron chi connectivity index (χ2n) is 3.77. The molecule has 2 N–H and O–H groups in total. The van der Waals surface area contributed by atoms with Crippen LogP contribution in [0.4, 0.5) is 0 Å². The van der Waals surface area contributed by atoms with Gasteiger partial charge in [0.15, 0.2) is 0 Å². The van der Waals surface area contributed by atoms with E-state index in [1.165, 1.54) is 0 Å². The Balaban J connectivity index is 2.69. The number of aromatic nitrogens is 2. The zero-order chi connectivity index (χ0) is 11.0. The number of rotatable bonds is 2. The summed E-state index contributed by atoms with van der Waals surface area (Å²) < 4.78 is 3.14. The summed E-state index contributed by atoms with van der Waals surface area (Å²) in [5, 5.41) is 0. The number of hydrogen-bond acceptors (Lipinski definition) is 2. The number of hydrogen-bond donors (Lipinski definition) is 1. The predicted octanol–water partition coefficient (Wildman–Crippen LogP) is 2.40. The molecular weight excluding hydrogens is 254 g/mol. The smallest absolute Gasteiger partial charge is 0.113 e. The molecule has 1 unspecified atom stereocenters. The van der Waals surface area contributed by atoms with Crippen LogP contribution < -0.4 is 5.73 Å². The minimum Gasteiger partial charge on any atom is -0.331 e. The highest BCUT2D eigenvalue weighted by atomic mass is 79.9. The van der Waals surface area contributed by atoms with Gasteiger partial charge in [0.1, 0.15) is 11.3 Å². The Hall–Kier alpha value is -0.870. The molecule has 0 spiro atoms. The third-order valence-corrected chi connectivity index (χ3v) is 3.33. The number of fused-ring (bicyclic) bond motifs is 1. The summed E-state index contributed by atoms with van der Waals surface area (Å²) in [5.41, 5.74) is 7.82. The van der Waals surface area contributed by atoms with Gasteiger partial charge in [0.05, 0.1) is 5.52 Å².